The normalized spacial score (nSPS) is 12.4. The van der Waals surface area contributed by atoms with E-state index in [9.17, 15) is 14.0 Å². The van der Waals surface area contributed by atoms with E-state index in [1.807, 2.05) is 30.3 Å². The van der Waals surface area contributed by atoms with Crippen LogP contribution in [0.3, 0.4) is 0 Å². The van der Waals surface area contributed by atoms with Crippen LogP contribution in [0.15, 0.2) is 48.5 Å². The molecular formula is C18H19F2NO2. The second kappa shape index (κ2) is 7.33. The van der Waals surface area contributed by atoms with Crippen molar-refractivity contribution in [3.8, 4) is 0 Å². The predicted molar refractivity (Wildman–Crippen MR) is 85.3 cm³/mol. The first-order valence-corrected chi connectivity index (χ1v) is 7.27. The summed E-state index contributed by atoms with van der Waals surface area (Å²) in [7, 11) is 0. The van der Waals surface area contributed by atoms with Gasteiger partial charge in [0.05, 0.1) is 12.2 Å². The maximum absolute atomic E-state index is 13.5. The van der Waals surface area contributed by atoms with Crippen LogP contribution in [-0.4, -0.2) is 23.1 Å². The lowest BCUT2D eigenvalue weighted by Gasteiger charge is -2.23. The van der Waals surface area contributed by atoms with Gasteiger partial charge in [-0.15, -0.1) is 0 Å². The molecule has 122 valence electrons. The van der Waals surface area contributed by atoms with E-state index in [1.54, 1.807) is 13.8 Å². The molecule has 0 aromatic heterocycles. The quantitative estimate of drug-likeness (QED) is 0.350. The Balaban J connectivity index is 1.99. The minimum Gasteiger partial charge on any atom is -0.624 e. The highest BCUT2D eigenvalue weighted by Gasteiger charge is 2.23. The van der Waals surface area contributed by atoms with Gasteiger partial charge in [-0.3, -0.25) is 0 Å². The zero-order valence-corrected chi connectivity index (χ0v) is 13.1. The number of benzene rings is 2. The molecule has 0 aliphatic carbocycles. The van der Waals surface area contributed by atoms with Crippen LogP contribution in [0.5, 0.6) is 0 Å². The van der Waals surface area contributed by atoms with E-state index in [0.29, 0.717) is 11.3 Å². The van der Waals surface area contributed by atoms with Crippen molar-refractivity contribution < 1.29 is 18.3 Å². The zero-order valence-electron chi connectivity index (χ0n) is 13.1. The van der Waals surface area contributed by atoms with E-state index in [4.69, 9.17) is 4.74 Å². The molecular weight excluding hydrogens is 300 g/mol. The van der Waals surface area contributed by atoms with E-state index >= 15 is 0 Å². The smallest absolute Gasteiger partial charge is 0.184 e. The molecule has 23 heavy (non-hydrogen) atoms. The summed E-state index contributed by atoms with van der Waals surface area (Å²) < 4.78 is 32.8. The number of nitrogens with zero attached hydrogens (tertiary/aromatic N) is 1. The van der Waals surface area contributed by atoms with Gasteiger partial charge in [-0.05, 0) is 31.5 Å². The summed E-state index contributed by atoms with van der Waals surface area (Å²) in [5.41, 5.74) is 0.330. The van der Waals surface area contributed by atoms with Crippen molar-refractivity contribution in [2.45, 2.75) is 26.1 Å². The highest BCUT2D eigenvalue weighted by atomic mass is 19.1. The molecule has 0 N–H and O–H groups in total. The molecule has 2 aromatic carbocycles. The number of hydroxylamine groups is 1. The van der Waals surface area contributed by atoms with Crippen molar-refractivity contribution in [3.63, 3.8) is 0 Å². The molecule has 0 radical (unpaired) electrons. The van der Waals surface area contributed by atoms with Crippen molar-refractivity contribution in [1.29, 1.82) is 0 Å². The van der Waals surface area contributed by atoms with Crippen LogP contribution in [0.1, 0.15) is 25.0 Å². The molecule has 0 fully saturated rings. The van der Waals surface area contributed by atoms with Crippen LogP contribution in [0.25, 0.3) is 0 Å². The highest BCUT2D eigenvalue weighted by molar-refractivity contribution is 5.75. The summed E-state index contributed by atoms with van der Waals surface area (Å²) in [6.07, 6.45) is 1.10. The van der Waals surface area contributed by atoms with E-state index in [1.165, 1.54) is 6.07 Å². The minimum absolute atomic E-state index is 0.0245. The minimum atomic E-state index is -0.770. The Kier molecular flexibility index (Phi) is 5.45. The topological polar surface area (TPSA) is 35.3 Å². The lowest BCUT2D eigenvalue weighted by atomic mass is 10.1. The lowest BCUT2D eigenvalue weighted by Crippen LogP contribution is -2.34. The maximum Gasteiger partial charge on any atom is 0.184 e. The van der Waals surface area contributed by atoms with E-state index in [0.717, 1.165) is 23.9 Å². The third-order valence-electron chi connectivity index (χ3n) is 3.25. The largest absolute Gasteiger partial charge is 0.624 e. The molecule has 0 bridgehead atoms. The van der Waals surface area contributed by atoms with Crippen LogP contribution in [0, 0.1) is 16.8 Å². The summed E-state index contributed by atoms with van der Waals surface area (Å²) >= 11 is 0. The molecule has 3 nitrogen and oxygen atoms in total. The molecule has 0 saturated carbocycles. The van der Waals surface area contributed by atoms with Gasteiger partial charge >= 0.3 is 0 Å². The zero-order chi connectivity index (χ0) is 16.9. The van der Waals surface area contributed by atoms with Gasteiger partial charge in [0.25, 0.3) is 0 Å². The SMILES string of the molecule is CC(C)(C[N+]([O-])=Cc1ccc(F)cc1F)OCc1ccccc1. The summed E-state index contributed by atoms with van der Waals surface area (Å²) in [5, 5.41) is 12.0. The third-order valence-corrected chi connectivity index (χ3v) is 3.25. The summed E-state index contributed by atoms with van der Waals surface area (Å²) in [6, 6.07) is 12.7. The first-order chi connectivity index (χ1) is 10.9. The Hall–Kier alpha value is -2.27. The fraction of sp³-hybridized carbons (Fsp3) is 0.278. The van der Waals surface area contributed by atoms with Crippen LogP contribution in [0.4, 0.5) is 8.78 Å². The standard InChI is InChI=1S/C18H19F2NO2/c1-18(2,23-12-14-6-4-3-5-7-14)13-21(22)11-15-8-9-16(19)10-17(15)20/h3-11H,12-13H2,1-2H3. The summed E-state index contributed by atoms with van der Waals surface area (Å²) in [6.45, 7) is 3.98. The monoisotopic (exact) mass is 319 g/mol. The molecule has 0 spiro atoms. The second-order valence-corrected chi connectivity index (χ2v) is 5.90. The Morgan fingerprint density at radius 2 is 1.83 bits per heavy atom. The fourth-order valence-corrected chi connectivity index (χ4v) is 2.08. The molecule has 0 unspecified atom stereocenters. The van der Waals surface area contributed by atoms with E-state index in [2.05, 4.69) is 0 Å². The van der Waals surface area contributed by atoms with Gasteiger partial charge in [-0.25, -0.2) is 13.5 Å². The van der Waals surface area contributed by atoms with Crippen molar-refractivity contribution in [2.75, 3.05) is 6.54 Å². The molecule has 0 amide bonds. The fourth-order valence-electron chi connectivity index (χ4n) is 2.08. The van der Waals surface area contributed by atoms with Gasteiger partial charge in [0, 0.05) is 6.07 Å². The van der Waals surface area contributed by atoms with Crippen LogP contribution < -0.4 is 0 Å². The van der Waals surface area contributed by atoms with Gasteiger partial charge < -0.3 is 9.94 Å². The first kappa shape index (κ1) is 17.1. The third kappa shape index (κ3) is 5.45. The van der Waals surface area contributed by atoms with Crippen LogP contribution >= 0.6 is 0 Å². The number of hydrogen-bond acceptors (Lipinski definition) is 2. The van der Waals surface area contributed by atoms with Crippen LogP contribution in [-0.2, 0) is 11.3 Å². The van der Waals surface area contributed by atoms with E-state index in [-0.39, 0.29) is 12.1 Å². The molecule has 2 rings (SSSR count). The summed E-state index contributed by atoms with van der Waals surface area (Å²) in [4.78, 5) is 0. The van der Waals surface area contributed by atoms with Crippen molar-refractivity contribution >= 4 is 6.21 Å². The molecule has 0 aliphatic rings. The van der Waals surface area contributed by atoms with Crippen molar-refractivity contribution in [1.82, 2.24) is 0 Å². The molecule has 0 saturated heterocycles. The first-order valence-electron chi connectivity index (χ1n) is 7.27. The Morgan fingerprint density at radius 3 is 2.48 bits per heavy atom. The predicted octanol–water partition coefficient (Wildman–Crippen LogP) is 3.89. The second-order valence-electron chi connectivity index (χ2n) is 5.90. The Morgan fingerprint density at radius 1 is 1.13 bits per heavy atom. The average molecular weight is 319 g/mol. The van der Waals surface area contributed by atoms with Crippen LogP contribution in [0.2, 0.25) is 0 Å². The molecule has 0 heterocycles. The van der Waals surface area contributed by atoms with Gasteiger partial charge in [-0.1, -0.05) is 30.3 Å². The number of halogens is 2. The molecule has 0 atom stereocenters. The van der Waals surface area contributed by atoms with Gasteiger partial charge in [-0.2, -0.15) is 0 Å². The Bertz CT molecular complexity index is 685. The summed E-state index contributed by atoms with van der Waals surface area (Å²) in [5.74, 6) is -1.45. The average Bonchev–Trinajstić information content (AvgIpc) is 2.49. The van der Waals surface area contributed by atoms with Gasteiger partial charge in [0.1, 0.15) is 17.2 Å². The van der Waals surface area contributed by atoms with Crippen molar-refractivity contribution in [3.05, 3.63) is 76.5 Å². The number of rotatable bonds is 6. The van der Waals surface area contributed by atoms with Gasteiger partial charge in [0.2, 0.25) is 0 Å². The van der Waals surface area contributed by atoms with Crippen molar-refractivity contribution in [2.24, 2.45) is 0 Å². The molecule has 5 heteroatoms. The maximum atomic E-state index is 13.5. The Labute approximate surface area is 134 Å². The van der Waals surface area contributed by atoms with Gasteiger partial charge in [0.15, 0.2) is 12.8 Å². The lowest BCUT2D eigenvalue weighted by molar-refractivity contribution is -0.475. The molecule has 2 aromatic rings. The molecule has 0 aliphatic heterocycles. The highest BCUT2D eigenvalue weighted by Crippen LogP contribution is 2.14. The number of hydrogen-bond donors (Lipinski definition) is 0. The number of ether oxygens (including phenoxy) is 1. The van der Waals surface area contributed by atoms with E-state index < -0.39 is 17.2 Å².